The Bertz CT molecular complexity index is 596. The van der Waals surface area contributed by atoms with Gasteiger partial charge >= 0.3 is 5.69 Å². The Hall–Kier alpha value is -2.01. The van der Waals surface area contributed by atoms with Crippen molar-refractivity contribution in [3.63, 3.8) is 0 Å². The summed E-state index contributed by atoms with van der Waals surface area (Å²) in [7, 11) is 0. The van der Waals surface area contributed by atoms with E-state index < -0.39 is 0 Å². The molecular weight excluding hydrogens is 254 g/mol. The summed E-state index contributed by atoms with van der Waals surface area (Å²) in [6, 6.07) is 7.84. The van der Waals surface area contributed by atoms with Crippen LogP contribution in [-0.2, 0) is 13.1 Å². The summed E-state index contributed by atoms with van der Waals surface area (Å²) in [5.74, 6) is 0.790. The lowest BCUT2D eigenvalue weighted by atomic mass is 10.2. The van der Waals surface area contributed by atoms with Crippen LogP contribution in [0.4, 0.5) is 0 Å². The number of ether oxygens (including phenoxy) is 1. The predicted molar refractivity (Wildman–Crippen MR) is 78.9 cm³/mol. The molecule has 0 bridgehead atoms. The van der Waals surface area contributed by atoms with Gasteiger partial charge in [0.2, 0.25) is 0 Å². The molecule has 2 aromatic rings. The molecule has 0 saturated carbocycles. The lowest BCUT2D eigenvalue weighted by Crippen LogP contribution is -2.26. The zero-order chi connectivity index (χ0) is 14.5. The van der Waals surface area contributed by atoms with Crippen LogP contribution >= 0.6 is 0 Å². The molecule has 1 aromatic carbocycles. The summed E-state index contributed by atoms with van der Waals surface area (Å²) in [6.07, 6.45) is 3.60. The van der Waals surface area contributed by atoms with Gasteiger partial charge in [-0.25, -0.2) is 4.79 Å². The molecule has 2 rings (SSSR count). The van der Waals surface area contributed by atoms with Gasteiger partial charge in [0.05, 0.1) is 6.54 Å². The Morgan fingerprint density at radius 1 is 1.20 bits per heavy atom. The third-order valence-electron chi connectivity index (χ3n) is 3.19. The maximum Gasteiger partial charge on any atom is 0.328 e. The fourth-order valence-corrected chi connectivity index (χ4v) is 1.97. The molecule has 0 fully saturated rings. The molecule has 0 spiro atoms. The van der Waals surface area contributed by atoms with E-state index in [4.69, 9.17) is 10.5 Å². The molecule has 0 aliphatic carbocycles. The first-order chi connectivity index (χ1) is 9.61. The summed E-state index contributed by atoms with van der Waals surface area (Å²) in [5, 5.41) is 0. The number of rotatable bonds is 6. The van der Waals surface area contributed by atoms with Crippen LogP contribution in [0.2, 0.25) is 0 Å². The van der Waals surface area contributed by atoms with Gasteiger partial charge in [-0.05, 0) is 31.5 Å². The average Bonchev–Trinajstić information content (AvgIpc) is 2.81. The van der Waals surface area contributed by atoms with Crippen LogP contribution < -0.4 is 16.2 Å². The highest BCUT2D eigenvalue weighted by Crippen LogP contribution is 2.11. The van der Waals surface area contributed by atoms with Crippen LogP contribution in [0.15, 0.2) is 41.5 Å². The van der Waals surface area contributed by atoms with Crippen LogP contribution in [0.1, 0.15) is 25.5 Å². The molecule has 0 atom stereocenters. The van der Waals surface area contributed by atoms with Gasteiger partial charge in [0.25, 0.3) is 0 Å². The molecule has 5 nitrogen and oxygen atoms in total. The maximum atomic E-state index is 12.0. The van der Waals surface area contributed by atoms with E-state index in [0.29, 0.717) is 19.7 Å². The molecule has 0 unspecified atom stereocenters. The predicted octanol–water partition coefficient (Wildman–Crippen LogP) is 1.77. The van der Waals surface area contributed by atoms with E-state index in [-0.39, 0.29) is 11.7 Å². The fourth-order valence-electron chi connectivity index (χ4n) is 1.97. The minimum atomic E-state index is 0.00193. The summed E-state index contributed by atoms with van der Waals surface area (Å²) in [5.41, 5.74) is 6.61. The summed E-state index contributed by atoms with van der Waals surface area (Å²) in [4.78, 5) is 12.0. The Balaban J connectivity index is 1.91. The second kappa shape index (κ2) is 6.43. The Morgan fingerprint density at radius 3 is 2.45 bits per heavy atom. The normalized spacial score (nSPS) is 11.0. The smallest absolute Gasteiger partial charge is 0.328 e. The number of hydrogen-bond acceptors (Lipinski definition) is 3. The molecule has 0 aliphatic heterocycles. The Morgan fingerprint density at radius 2 is 1.90 bits per heavy atom. The van der Waals surface area contributed by atoms with Crippen molar-refractivity contribution in [3.05, 3.63) is 52.7 Å². The van der Waals surface area contributed by atoms with E-state index in [2.05, 4.69) is 0 Å². The molecule has 5 heteroatoms. The van der Waals surface area contributed by atoms with Crippen molar-refractivity contribution in [2.24, 2.45) is 5.73 Å². The van der Waals surface area contributed by atoms with Gasteiger partial charge in [-0.2, -0.15) is 0 Å². The van der Waals surface area contributed by atoms with E-state index in [1.54, 1.807) is 15.3 Å². The summed E-state index contributed by atoms with van der Waals surface area (Å²) < 4.78 is 8.99. The number of imidazole rings is 1. The minimum absolute atomic E-state index is 0.00193. The summed E-state index contributed by atoms with van der Waals surface area (Å²) in [6.45, 7) is 5.50. The highest BCUT2D eigenvalue weighted by atomic mass is 16.5. The highest BCUT2D eigenvalue weighted by Gasteiger charge is 2.05. The standard InChI is InChI=1S/C15H21N3O2/c1-12(2)18-8-7-17(15(18)19)9-10-20-14-5-3-13(11-16)4-6-14/h3-8,12H,9-11,16H2,1-2H3. The van der Waals surface area contributed by atoms with Gasteiger partial charge in [-0.15, -0.1) is 0 Å². The molecule has 108 valence electrons. The second-order valence-electron chi connectivity index (χ2n) is 4.97. The van der Waals surface area contributed by atoms with Crippen LogP contribution in [-0.4, -0.2) is 15.7 Å². The lowest BCUT2D eigenvalue weighted by molar-refractivity contribution is 0.295. The van der Waals surface area contributed by atoms with Gasteiger partial charge < -0.3 is 10.5 Å². The average molecular weight is 275 g/mol. The Labute approximate surface area is 118 Å². The zero-order valence-electron chi connectivity index (χ0n) is 12.0. The quantitative estimate of drug-likeness (QED) is 0.874. The highest BCUT2D eigenvalue weighted by molar-refractivity contribution is 5.26. The largest absolute Gasteiger partial charge is 0.492 e. The molecule has 1 heterocycles. The van der Waals surface area contributed by atoms with E-state index >= 15 is 0 Å². The SMILES string of the molecule is CC(C)n1ccn(CCOc2ccc(CN)cc2)c1=O. The molecule has 20 heavy (non-hydrogen) atoms. The van der Waals surface area contributed by atoms with Gasteiger partial charge in [-0.3, -0.25) is 9.13 Å². The monoisotopic (exact) mass is 275 g/mol. The third-order valence-corrected chi connectivity index (χ3v) is 3.19. The fraction of sp³-hybridized carbons (Fsp3) is 0.400. The van der Waals surface area contributed by atoms with Crippen molar-refractivity contribution < 1.29 is 4.74 Å². The number of hydrogen-bond donors (Lipinski definition) is 1. The van der Waals surface area contributed by atoms with Crippen LogP contribution in [0.25, 0.3) is 0 Å². The van der Waals surface area contributed by atoms with Gasteiger partial charge in [0.15, 0.2) is 0 Å². The van der Waals surface area contributed by atoms with Crippen LogP contribution in [0.5, 0.6) is 5.75 Å². The summed E-state index contributed by atoms with van der Waals surface area (Å²) >= 11 is 0. The van der Waals surface area contributed by atoms with Crippen molar-refractivity contribution in [2.45, 2.75) is 33.0 Å². The van der Waals surface area contributed by atoms with E-state index in [1.807, 2.05) is 44.3 Å². The first-order valence-corrected chi connectivity index (χ1v) is 6.81. The van der Waals surface area contributed by atoms with Gasteiger partial charge in [0.1, 0.15) is 12.4 Å². The zero-order valence-corrected chi connectivity index (χ0v) is 12.0. The molecule has 1 aromatic heterocycles. The first-order valence-electron chi connectivity index (χ1n) is 6.81. The maximum absolute atomic E-state index is 12.0. The third kappa shape index (κ3) is 3.30. The van der Waals surface area contributed by atoms with Gasteiger partial charge in [0, 0.05) is 25.0 Å². The van der Waals surface area contributed by atoms with Crippen molar-refractivity contribution in [1.82, 2.24) is 9.13 Å². The molecule has 0 aliphatic rings. The molecule has 0 amide bonds. The topological polar surface area (TPSA) is 62.2 Å². The van der Waals surface area contributed by atoms with Crippen LogP contribution in [0, 0.1) is 0 Å². The van der Waals surface area contributed by atoms with E-state index in [0.717, 1.165) is 11.3 Å². The van der Waals surface area contributed by atoms with E-state index in [9.17, 15) is 4.79 Å². The lowest BCUT2D eigenvalue weighted by Gasteiger charge is -2.07. The second-order valence-corrected chi connectivity index (χ2v) is 4.97. The number of nitrogens with zero attached hydrogens (tertiary/aromatic N) is 2. The number of nitrogens with two attached hydrogens (primary N) is 1. The molecular formula is C15H21N3O2. The molecule has 0 radical (unpaired) electrons. The van der Waals surface area contributed by atoms with Crippen molar-refractivity contribution in [1.29, 1.82) is 0 Å². The van der Waals surface area contributed by atoms with Crippen LogP contribution in [0.3, 0.4) is 0 Å². The molecule has 2 N–H and O–H groups in total. The van der Waals surface area contributed by atoms with Crippen molar-refractivity contribution >= 4 is 0 Å². The molecule has 0 saturated heterocycles. The van der Waals surface area contributed by atoms with Crippen molar-refractivity contribution in [2.75, 3.05) is 6.61 Å². The Kier molecular flexibility index (Phi) is 4.63. The van der Waals surface area contributed by atoms with E-state index in [1.165, 1.54) is 0 Å². The minimum Gasteiger partial charge on any atom is -0.492 e. The first kappa shape index (κ1) is 14.4. The number of benzene rings is 1. The van der Waals surface area contributed by atoms with Gasteiger partial charge in [-0.1, -0.05) is 12.1 Å². The van der Waals surface area contributed by atoms with Crippen molar-refractivity contribution in [3.8, 4) is 5.75 Å². The number of aromatic nitrogens is 2.